The maximum absolute atomic E-state index is 13.6. The van der Waals surface area contributed by atoms with Gasteiger partial charge in [0.05, 0.1) is 33.8 Å². The van der Waals surface area contributed by atoms with Gasteiger partial charge in [0.1, 0.15) is 19.3 Å². The molecule has 9 nitrogen and oxygen atoms in total. The van der Waals surface area contributed by atoms with Gasteiger partial charge in [0, 0.05) is 12.8 Å². The molecule has 1 amide bonds. The lowest BCUT2D eigenvalue weighted by atomic mass is 10.0. The monoisotopic (exact) mass is 1130 g/mol. The molecule has 0 aliphatic carbocycles. The summed E-state index contributed by atoms with van der Waals surface area (Å²) in [4.78, 5) is 37.8. The summed E-state index contributed by atoms with van der Waals surface area (Å²) >= 11 is 0. The highest BCUT2D eigenvalue weighted by Crippen LogP contribution is 2.43. The third-order valence-corrected chi connectivity index (χ3v) is 15.9. The van der Waals surface area contributed by atoms with Crippen molar-refractivity contribution >= 4 is 19.7 Å². The van der Waals surface area contributed by atoms with E-state index in [0.29, 0.717) is 17.4 Å². The van der Waals surface area contributed by atoms with Crippen LogP contribution in [0.2, 0.25) is 0 Å². The average molecular weight is 1130 g/mol. The first-order valence-electron chi connectivity index (χ1n) is 33.6. The molecular weight excluding hydrogens is 1000 g/mol. The normalized spacial score (nSPS) is 14.0. The molecule has 0 rings (SSSR count). The smallest absolute Gasteiger partial charge is 0.456 e. The van der Waals surface area contributed by atoms with Crippen molar-refractivity contribution < 1.29 is 37.3 Å². The van der Waals surface area contributed by atoms with Gasteiger partial charge in [0.2, 0.25) is 5.91 Å². The number of rotatable bonds is 61. The summed E-state index contributed by atoms with van der Waals surface area (Å²) in [6.07, 6.45) is 75.0. The van der Waals surface area contributed by atoms with Crippen molar-refractivity contribution in [2.75, 3.05) is 40.9 Å². The summed E-state index contributed by atoms with van der Waals surface area (Å²) in [5, 5.41) is 3.06. The first kappa shape index (κ1) is 76.7. The average Bonchev–Trinajstić information content (AvgIpc) is 3.41. The molecular formula is C69H130N2O7P+. The maximum Gasteiger partial charge on any atom is 0.472 e. The van der Waals surface area contributed by atoms with Crippen molar-refractivity contribution in [3.63, 3.8) is 0 Å². The SMILES string of the molecule is CCCCC/C=C\C/C=C\C/C=C\CCCCCCCCCCC(=O)NC(COP(=O)(O)OCC[N+](C)(C)C)C(/C=C/CCCCCCCCCCCCC)OC(=O)CCCCCCCCCCC/C=C/CCCCCCCC. The van der Waals surface area contributed by atoms with Crippen LogP contribution >= 0.6 is 7.82 Å². The first-order valence-corrected chi connectivity index (χ1v) is 35.1. The van der Waals surface area contributed by atoms with Crippen molar-refractivity contribution in [3.05, 3.63) is 60.8 Å². The van der Waals surface area contributed by atoms with E-state index in [-0.39, 0.29) is 31.5 Å². The number of esters is 1. The number of amides is 1. The lowest BCUT2D eigenvalue weighted by Gasteiger charge is -2.27. The molecule has 0 saturated heterocycles. The third-order valence-electron chi connectivity index (χ3n) is 14.9. The standard InChI is InChI=1S/C69H129N2O7P/c1-7-10-13-16-19-22-25-28-30-32-34-35-37-38-40-43-46-49-52-55-58-61-68(72)70-66(65-77-79(74,75)76-64-63-71(4,5)6)67(60-57-54-51-48-45-42-27-24-21-18-15-12-9-3)78-69(73)62-59-56-53-50-47-44-41-39-36-33-31-29-26-23-20-17-14-11-8-2/h19,22,28-31,34-35,57,60,66-67H,7-18,20-21,23-27,32-33,36-56,58-59,61-65H2,1-6H3,(H-,70,72,74,75)/p+1/b22-19-,30-28-,31-29+,35-34-,60-57+. The van der Waals surface area contributed by atoms with Crippen LogP contribution in [0.1, 0.15) is 316 Å². The number of quaternary nitrogens is 1. The lowest BCUT2D eigenvalue weighted by Crippen LogP contribution is -2.47. The Labute approximate surface area is 490 Å². The predicted octanol–water partition coefficient (Wildman–Crippen LogP) is 21.0. The number of nitrogens with one attached hydrogen (secondary N) is 1. The Morgan fingerprint density at radius 3 is 1.19 bits per heavy atom. The molecule has 462 valence electrons. The Morgan fingerprint density at radius 1 is 0.443 bits per heavy atom. The molecule has 3 unspecified atom stereocenters. The van der Waals surface area contributed by atoms with Crippen molar-refractivity contribution in [1.29, 1.82) is 0 Å². The number of phosphoric acid groups is 1. The molecule has 0 fully saturated rings. The van der Waals surface area contributed by atoms with Gasteiger partial charge in [-0.05, 0) is 96.0 Å². The molecule has 0 aromatic carbocycles. The number of ether oxygens (including phenoxy) is 1. The maximum atomic E-state index is 13.6. The van der Waals surface area contributed by atoms with Crippen LogP contribution in [0.3, 0.4) is 0 Å². The molecule has 0 radical (unpaired) electrons. The summed E-state index contributed by atoms with van der Waals surface area (Å²) in [6.45, 7) is 7.01. The molecule has 3 atom stereocenters. The summed E-state index contributed by atoms with van der Waals surface area (Å²) in [7, 11) is 1.49. The van der Waals surface area contributed by atoms with Crippen molar-refractivity contribution in [2.45, 2.75) is 328 Å². The molecule has 2 N–H and O–H groups in total. The topological polar surface area (TPSA) is 111 Å². The second kappa shape index (κ2) is 58.9. The van der Waals surface area contributed by atoms with E-state index in [9.17, 15) is 19.0 Å². The van der Waals surface area contributed by atoms with Crippen LogP contribution < -0.4 is 5.32 Å². The zero-order valence-corrected chi connectivity index (χ0v) is 53.8. The molecule has 0 aromatic rings. The molecule has 0 aliphatic rings. The summed E-state index contributed by atoms with van der Waals surface area (Å²) < 4.78 is 30.8. The number of hydrogen-bond acceptors (Lipinski definition) is 6. The molecule has 0 bridgehead atoms. The number of hydrogen-bond donors (Lipinski definition) is 2. The summed E-state index contributed by atoms with van der Waals surface area (Å²) in [5.74, 6) is -0.506. The van der Waals surface area contributed by atoms with Gasteiger partial charge in [-0.15, -0.1) is 0 Å². The molecule has 10 heteroatoms. The minimum atomic E-state index is -4.46. The van der Waals surface area contributed by atoms with Gasteiger partial charge >= 0.3 is 13.8 Å². The van der Waals surface area contributed by atoms with E-state index in [2.05, 4.69) is 74.7 Å². The number of phosphoric ester groups is 1. The Balaban J connectivity index is 5.21. The minimum absolute atomic E-state index is 0.0378. The summed E-state index contributed by atoms with van der Waals surface area (Å²) in [6, 6.07) is -0.854. The second-order valence-corrected chi connectivity index (χ2v) is 25.4. The Bertz CT molecular complexity index is 1540. The fourth-order valence-electron chi connectivity index (χ4n) is 9.71. The largest absolute Gasteiger partial charge is 0.472 e. The Kier molecular flexibility index (Phi) is 57.2. The second-order valence-electron chi connectivity index (χ2n) is 24.0. The van der Waals surface area contributed by atoms with Crippen LogP contribution in [-0.2, 0) is 27.9 Å². The number of allylic oxidation sites excluding steroid dienone is 9. The fourth-order valence-corrected chi connectivity index (χ4v) is 10.4. The van der Waals surface area contributed by atoms with Gasteiger partial charge < -0.3 is 19.4 Å². The van der Waals surface area contributed by atoms with Gasteiger partial charge in [0.15, 0.2) is 0 Å². The van der Waals surface area contributed by atoms with Crippen LogP contribution in [0.15, 0.2) is 60.8 Å². The molecule has 0 aromatic heterocycles. The highest BCUT2D eigenvalue weighted by Gasteiger charge is 2.30. The highest BCUT2D eigenvalue weighted by molar-refractivity contribution is 7.47. The number of nitrogens with zero attached hydrogens (tertiary/aromatic N) is 1. The van der Waals surface area contributed by atoms with E-state index in [4.69, 9.17) is 13.8 Å². The van der Waals surface area contributed by atoms with E-state index >= 15 is 0 Å². The highest BCUT2D eigenvalue weighted by atomic mass is 31.2. The third kappa shape index (κ3) is 60.1. The predicted molar refractivity (Wildman–Crippen MR) is 342 cm³/mol. The number of likely N-dealkylation sites (N-methyl/N-ethyl adjacent to an activating group) is 1. The first-order chi connectivity index (χ1) is 38.4. The molecule has 0 saturated carbocycles. The van der Waals surface area contributed by atoms with E-state index < -0.39 is 20.0 Å². The van der Waals surface area contributed by atoms with Crippen LogP contribution in [0, 0.1) is 0 Å². The molecule has 0 spiro atoms. The Hall–Kier alpha value is -2.29. The van der Waals surface area contributed by atoms with Crippen molar-refractivity contribution in [1.82, 2.24) is 5.32 Å². The van der Waals surface area contributed by atoms with E-state index in [1.165, 1.54) is 199 Å². The van der Waals surface area contributed by atoms with Crippen molar-refractivity contribution in [2.24, 2.45) is 0 Å². The van der Waals surface area contributed by atoms with Gasteiger partial charge in [-0.3, -0.25) is 18.6 Å². The quantitative estimate of drug-likeness (QED) is 0.0205. The molecule has 0 aliphatic heterocycles. The minimum Gasteiger partial charge on any atom is -0.456 e. The molecule has 79 heavy (non-hydrogen) atoms. The van der Waals surface area contributed by atoms with Gasteiger partial charge in [-0.1, -0.05) is 268 Å². The van der Waals surface area contributed by atoms with E-state index in [1.54, 1.807) is 0 Å². The lowest BCUT2D eigenvalue weighted by molar-refractivity contribution is -0.870. The zero-order valence-electron chi connectivity index (χ0n) is 52.9. The number of carbonyl (C=O) groups is 2. The number of carbonyl (C=O) groups excluding carboxylic acids is 2. The van der Waals surface area contributed by atoms with Crippen LogP contribution in [-0.4, -0.2) is 74.3 Å². The van der Waals surface area contributed by atoms with E-state index in [1.807, 2.05) is 33.3 Å². The van der Waals surface area contributed by atoms with Crippen LogP contribution in [0.4, 0.5) is 0 Å². The number of unbranched alkanes of at least 4 members (excludes halogenated alkanes) is 37. The van der Waals surface area contributed by atoms with E-state index in [0.717, 1.165) is 83.5 Å². The van der Waals surface area contributed by atoms with Gasteiger partial charge in [-0.2, -0.15) is 0 Å². The Morgan fingerprint density at radius 2 is 0.772 bits per heavy atom. The van der Waals surface area contributed by atoms with Crippen LogP contribution in [0.25, 0.3) is 0 Å². The van der Waals surface area contributed by atoms with Gasteiger partial charge in [-0.25, -0.2) is 4.57 Å². The molecule has 0 heterocycles. The zero-order chi connectivity index (χ0) is 57.9. The summed E-state index contributed by atoms with van der Waals surface area (Å²) in [5.41, 5.74) is 0. The van der Waals surface area contributed by atoms with Gasteiger partial charge in [0.25, 0.3) is 0 Å². The fraction of sp³-hybridized carbons (Fsp3) is 0.826. The van der Waals surface area contributed by atoms with Crippen molar-refractivity contribution in [3.8, 4) is 0 Å². The van der Waals surface area contributed by atoms with Crippen LogP contribution in [0.5, 0.6) is 0 Å².